The van der Waals surface area contributed by atoms with E-state index in [0.29, 0.717) is 12.1 Å². The molecule has 120 valence electrons. The van der Waals surface area contributed by atoms with Gasteiger partial charge >= 0.3 is 0 Å². The zero-order valence-corrected chi connectivity index (χ0v) is 14.2. The highest BCUT2D eigenvalue weighted by Crippen LogP contribution is 2.27. The van der Waals surface area contributed by atoms with Crippen LogP contribution in [0.4, 0.5) is 0 Å². The predicted molar refractivity (Wildman–Crippen MR) is 89.9 cm³/mol. The summed E-state index contributed by atoms with van der Waals surface area (Å²) in [6.45, 7) is 8.07. The lowest BCUT2D eigenvalue weighted by Gasteiger charge is -2.27. The summed E-state index contributed by atoms with van der Waals surface area (Å²) < 4.78 is 0. The molecule has 2 unspecified atom stereocenters. The fourth-order valence-electron chi connectivity index (χ4n) is 3.62. The van der Waals surface area contributed by atoms with Gasteiger partial charge in [0.15, 0.2) is 0 Å². The largest absolute Gasteiger partial charge is 0.327 e. The molecule has 2 atom stereocenters. The van der Waals surface area contributed by atoms with Crippen LogP contribution in [-0.4, -0.2) is 18.6 Å². The zero-order valence-electron chi connectivity index (χ0n) is 14.2. The quantitative estimate of drug-likeness (QED) is 0.580. The van der Waals surface area contributed by atoms with E-state index in [1.165, 1.54) is 70.8 Å². The number of nitrogens with two attached hydrogens (primary N) is 1. The summed E-state index contributed by atoms with van der Waals surface area (Å²) in [4.78, 5) is 0. The van der Waals surface area contributed by atoms with Crippen molar-refractivity contribution in [3.8, 4) is 0 Å². The Morgan fingerprint density at radius 1 is 1.00 bits per heavy atom. The molecule has 1 aliphatic rings. The molecular weight excluding hydrogens is 244 g/mol. The molecule has 0 saturated heterocycles. The summed E-state index contributed by atoms with van der Waals surface area (Å²) in [6, 6.07) is 1.14. The molecule has 0 radical (unpaired) electrons. The maximum absolute atomic E-state index is 6.35. The van der Waals surface area contributed by atoms with Crippen molar-refractivity contribution in [3.05, 3.63) is 0 Å². The maximum atomic E-state index is 6.35. The molecule has 0 amide bonds. The second-order valence-electron chi connectivity index (χ2n) is 7.40. The Morgan fingerprint density at radius 2 is 1.70 bits per heavy atom. The maximum Gasteiger partial charge on any atom is 0.00671 e. The van der Waals surface area contributed by atoms with E-state index < -0.39 is 0 Å². The van der Waals surface area contributed by atoms with Crippen molar-refractivity contribution in [2.75, 3.05) is 6.54 Å². The smallest absolute Gasteiger partial charge is 0.00671 e. The van der Waals surface area contributed by atoms with Gasteiger partial charge in [0.25, 0.3) is 0 Å². The molecule has 0 aliphatic heterocycles. The second-order valence-corrected chi connectivity index (χ2v) is 7.40. The lowest BCUT2D eigenvalue weighted by Crippen LogP contribution is -2.31. The van der Waals surface area contributed by atoms with Crippen LogP contribution < -0.4 is 11.1 Å². The third-order valence-electron chi connectivity index (χ3n) is 4.79. The number of unbranched alkanes of at least 4 members (excludes halogenated alkanes) is 2. The standard InChI is InChI=1S/C18H38N2/c1-15(2)14-16(3)20-13-9-5-8-12-18(19)17-10-6-4-7-11-17/h15-18,20H,4-14,19H2,1-3H3. The molecule has 0 aromatic heterocycles. The summed E-state index contributed by atoms with van der Waals surface area (Å²) in [5.74, 6) is 1.62. The Morgan fingerprint density at radius 3 is 2.35 bits per heavy atom. The van der Waals surface area contributed by atoms with Crippen LogP contribution in [0.3, 0.4) is 0 Å². The zero-order chi connectivity index (χ0) is 14.8. The van der Waals surface area contributed by atoms with Crippen LogP contribution in [0.2, 0.25) is 0 Å². The average Bonchev–Trinajstić information content (AvgIpc) is 2.42. The van der Waals surface area contributed by atoms with E-state index >= 15 is 0 Å². The number of hydrogen-bond donors (Lipinski definition) is 2. The van der Waals surface area contributed by atoms with Gasteiger partial charge < -0.3 is 11.1 Å². The van der Waals surface area contributed by atoms with Gasteiger partial charge in [-0.1, -0.05) is 46.0 Å². The molecule has 0 bridgehead atoms. The van der Waals surface area contributed by atoms with Gasteiger partial charge in [-0.3, -0.25) is 0 Å². The minimum atomic E-state index is 0.475. The first kappa shape index (κ1) is 18.0. The van der Waals surface area contributed by atoms with E-state index in [-0.39, 0.29) is 0 Å². The summed E-state index contributed by atoms with van der Waals surface area (Å²) in [5.41, 5.74) is 6.35. The topological polar surface area (TPSA) is 38.0 Å². The van der Waals surface area contributed by atoms with E-state index in [1.807, 2.05) is 0 Å². The third-order valence-corrected chi connectivity index (χ3v) is 4.79. The van der Waals surface area contributed by atoms with Crippen molar-refractivity contribution < 1.29 is 0 Å². The van der Waals surface area contributed by atoms with Crippen molar-refractivity contribution >= 4 is 0 Å². The molecule has 0 aromatic rings. The van der Waals surface area contributed by atoms with Crippen LogP contribution in [-0.2, 0) is 0 Å². The van der Waals surface area contributed by atoms with Crippen molar-refractivity contribution in [2.45, 2.75) is 97.1 Å². The lowest BCUT2D eigenvalue weighted by atomic mass is 9.82. The van der Waals surface area contributed by atoms with Crippen LogP contribution in [0.5, 0.6) is 0 Å². The van der Waals surface area contributed by atoms with Crippen LogP contribution in [0.1, 0.15) is 85.0 Å². The molecule has 3 N–H and O–H groups in total. The first-order valence-corrected chi connectivity index (χ1v) is 9.08. The first-order valence-electron chi connectivity index (χ1n) is 9.08. The van der Waals surface area contributed by atoms with E-state index in [2.05, 4.69) is 26.1 Å². The average molecular weight is 283 g/mol. The van der Waals surface area contributed by atoms with E-state index in [4.69, 9.17) is 5.73 Å². The van der Waals surface area contributed by atoms with Gasteiger partial charge in [-0.25, -0.2) is 0 Å². The van der Waals surface area contributed by atoms with Gasteiger partial charge in [0.2, 0.25) is 0 Å². The molecule has 20 heavy (non-hydrogen) atoms. The monoisotopic (exact) mass is 282 g/mol. The highest BCUT2D eigenvalue weighted by molar-refractivity contribution is 4.76. The first-order chi connectivity index (χ1) is 9.59. The summed E-state index contributed by atoms with van der Waals surface area (Å²) in [6.07, 6.45) is 13.5. The second kappa shape index (κ2) is 10.6. The van der Waals surface area contributed by atoms with Gasteiger partial charge in [0.1, 0.15) is 0 Å². The number of nitrogens with one attached hydrogen (secondary N) is 1. The third kappa shape index (κ3) is 8.26. The molecule has 1 rings (SSSR count). The van der Waals surface area contributed by atoms with Gasteiger partial charge in [-0.2, -0.15) is 0 Å². The van der Waals surface area contributed by atoms with Gasteiger partial charge in [-0.05, 0) is 57.4 Å². The van der Waals surface area contributed by atoms with Gasteiger partial charge in [0.05, 0.1) is 0 Å². The number of hydrogen-bond acceptors (Lipinski definition) is 2. The normalized spacial score (nSPS) is 20.2. The summed E-state index contributed by atoms with van der Waals surface area (Å²) >= 11 is 0. The fourth-order valence-corrected chi connectivity index (χ4v) is 3.62. The Balaban J connectivity index is 1.93. The molecule has 1 saturated carbocycles. The highest BCUT2D eigenvalue weighted by Gasteiger charge is 2.19. The van der Waals surface area contributed by atoms with Crippen LogP contribution in [0.15, 0.2) is 0 Å². The Labute approximate surface area is 127 Å². The molecular formula is C18H38N2. The van der Waals surface area contributed by atoms with E-state index in [1.54, 1.807) is 0 Å². The minimum absolute atomic E-state index is 0.475. The fraction of sp³-hybridized carbons (Fsp3) is 1.00. The van der Waals surface area contributed by atoms with E-state index in [9.17, 15) is 0 Å². The van der Waals surface area contributed by atoms with Crippen molar-refractivity contribution in [1.82, 2.24) is 5.32 Å². The van der Waals surface area contributed by atoms with Gasteiger partial charge in [-0.15, -0.1) is 0 Å². The van der Waals surface area contributed by atoms with E-state index in [0.717, 1.165) is 11.8 Å². The summed E-state index contributed by atoms with van der Waals surface area (Å²) in [7, 11) is 0. The Kier molecular flexibility index (Phi) is 9.54. The lowest BCUT2D eigenvalue weighted by molar-refractivity contribution is 0.290. The number of rotatable bonds is 10. The Hall–Kier alpha value is -0.0800. The molecule has 1 fully saturated rings. The molecule has 1 aliphatic carbocycles. The van der Waals surface area contributed by atoms with Crippen molar-refractivity contribution in [2.24, 2.45) is 17.6 Å². The molecule has 2 heteroatoms. The molecule has 0 heterocycles. The summed E-state index contributed by atoms with van der Waals surface area (Å²) in [5, 5.41) is 3.63. The van der Waals surface area contributed by atoms with Crippen LogP contribution in [0.25, 0.3) is 0 Å². The SMILES string of the molecule is CC(C)CC(C)NCCCCCC(N)C1CCCCC1. The minimum Gasteiger partial charge on any atom is -0.327 e. The Bertz CT molecular complexity index is 221. The van der Waals surface area contributed by atoms with Crippen molar-refractivity contribution in [1.29, 1.82) is 0 Å². The van der Waals surface area contributed by atoms with Crippen molar-refractivity contribution in [3.63, 3.8) is 0 Å². The van der Waals surface area contributed by atoms with Crippen LogP contribution in [0, 0.1) is 11.8 Å². The predicted octanol–water partition coefficient (Wildman–Crippen LogP) is 4.48. The molecule has 0 spiro atoms. The van der Waals surface area contributed by atoms with Gasteiger partial charge in [0, 0.05) is 12.1 Å². The molecule has 0 aromatic carbocycles. The highest BCUT2D eigenvalue weighted by atomic mass is 14.9. The molecule has 2 nitrogen and oxygen atoms in total. The van der Waals surface area contributed by atoms with Crippen LogP contribution >= 0.6 is 0 Å².